The van der Waals surface area contributed by atoms with Gasteiger partial charge in [-0.25, -0.2) is 4.98 Å². The number of nitrogens with zero attached hydrogens (tertiary/aromatic N) is 2. The van der Waals surface area contributed by atoms with Gasteiger partial charge >= 0.3 is 0 Å². The largest absolute Gasteiger partial charge is 0.244 e. The third kappa shape index (κ3) is 2.76. The fraction of sp³-hybridized carbons (Fsp3) is 0.0769. The van der Waals surface area contributed by atoms with Crippen LogP contribution in [0, 0.1) is 11.3 Å². The zero-order chi connectivity index (χ0) is 13.1. The average molecular weight is 298 g/mol. The molecule has 2 rings (SSSR count). The Morgan fingerprint density at radius 1 is 1.17 bits per heavy atom. The monoisotopic (exact) mass is 296 g/mol. The maximum Gasteiger partial charge on any atom is 0.133 e. The summed E-state index contributed by atoms with van der Waals surface area (Å²) in [5.41, 5.74) is 2.23. The lowest BCUT2D eigenvalue weighted by atomic mass is 10.1. The maximum atomic E-state index is 8.72. The molecule has 0 unspecified atom stereocenters. The van der Waals surface area contributed by atoms with E-state index in [0.717, 1.165) is 11.1 Å². The lowest BCUT2D eigenvalue weighted by Crippen LogP contribution is -1.90. The highest BCUT2D eigenvalue weighted by Crippen LogP contribution is 2.31. The third-order valence-electron chi connectivity index (χ3n) is 2.42. The van der Waals surface area contributed by atoms with Crippen molar-refractivity contribution in [2.45, 2.75) is 6.42 Å². The third-order valence-corrected chi connectivity index (χ3v) is 3.33. The van der Waals surface area contributed by atoms with E-state index in [2.05, 4.69) is 4.98 Å². The molecule has 0 fully saturated rings. The normalized spacial score (nSPS) is 10.1. The van der Waals surface area contributed by atoms with Crippen LogP contribution in [-0.2, 0) is 6.42 Å². The van der Waals surface area contributed by atoms with Gasteiger partial charge in [0.15, 0.2) is 0 Å². The van der Waals surface area contributed by atoms with Gasteiger partial charge in [0.05, 0.1) is 12.5 Å². The molecule has 0 aliphatic heterocycles. The highest BCUT2D eigenvalue weighted by atomic mass is 35.5. The van der Waals surface area contributed by atoms with Gasteiger partial charge in [-0.2, -0.15) is 5.26 Å². The summed E-state index contributed by atoms with van der Waals surface area (Å²) in [5.74, 6) is 0. The molecule has 0 spiro atoms. The summed E-state index contributed by atoms with van der Waals surface area (Å²) in [6, 6.07) is 9.04. The number of aromatic nitrogens is 1. The van der Waals surface area contributed by atoms with Crippen LogP contribution in [0.2, 0.25) is 15.2 Å². The highest BCUT2D eigenvalue weighted by Gasteiger charge is 2.08. The van der Waals surface area contributed by atoms with Gasteiger partial charge < -0.3 is 0 Å². The number of rotatable bonds is 2. The van der Waals surface area contributed by atoms with E-state index in [1.54, 1.807) is 30.5 Å². The molecule has 0 atom stereocenters. The minimum absolute atomic E-state index is 0.206. The molecule has 1 aromatic carbocycles. The molecule has 0 bridgehead atoms. The molecule has 18 heavy (non-hydrogen) atoms. The van der Waals surface area contributed by atoms with E-state index >= 15 is 0 Å². The Kier molecular flexibility index (Phi) is 4.08. The van der Waals surface area contributed by atoms with E-state index < -0.39 is 0 Å². The van der Waals surface area contributed by atoms with Crippen LogP contribution in [0.4, 0.5) is 0 Å². The summed E-state index contributed by atoms with van der Waals surface area (Å²) in [5, 5.41) is 10.2. The van der Waals surface area contributed by atoms with Crippen molar-refractivity contribution in [3.63, 3.8) is 0 Å². The minimum atomic E-state index is 0.206. The fourth-order valence-corrected chi connectivity index (χ4v) is 2.14. The predicted octanol–water partition coefficient (Wildman–Crippen LogP) is 4.77. The van der Waals surface area contributed by atoms with Crippen LogP contribution in [0.5, 0.6) is 0 Å². The smallest absolute Gasteiger partial charge is 0.133 e. The first kappa shape index (κ1) is 13.2. The van der Waals surface area contributed by atoms with Crippen molar-refractivity contribution < 1.29 is 0 Å². The summed E-state index contributed by atoms with van der Waals surface area (Å²) in [7, 11) is 0. The van der Waals surface area contributed by atoms with Crippen molar-refractivity contribution in [1.82, 2.24) is 4.98 Å². The van der Waals surface area contributed by atoms with Gasteiger partial charge in [-0.05, 0) is 24.3 Å². The Morgan fingerprint density at radius 3 is 2.67 bits per heavy atom. The van der Waals surface area contributed by atoms with Crippen LogP contribution >= 0.6 is 34.8 Å². The maximum absolute atomic E-state index is 8.72. The Bertz CT molecular complexity index is 633. The van der Waals surface area contributed by atoms with Gasteiger partial charge in [-0.3, -0.25) is 0 Å². The standard InChI is InChI=1S/C13H7Cl3N2/c14-10-1-2-12(15)11(6-10)9-5-8(3-4-17)13(16)18-7-9/h1-2,5-7H,3H2. The molecule has 1 aromatic heterocycles. The van der Waals surface area contributed by atoms with E-state index in [0.29, 0.717) is 20.8 Å². The van der Waals surface area contributed by atoms with Crippen molar-refractivity contribution in [2.24, 2.45) is 0 Å². The fourth-order valence-electron chi connectivity index (χ4n) is 1.57. The number of halogens is 3. The van der Waals surface area contributed by atoms with Crippen LogP contribution in [0.25, 0.3) is 11.1 Å². The van der Waals surface area contributed by atoms with Crippen LogP contribution in [0.15, 0.2) is 30.5 Å². The van der Waals surface area contributed by atoms with E-state index in [9.17, 15) is 0 Å². The van der Waals surface area contributed by atoms with Crippen LogP contribution in [0.3, 0.4) is 0 Å². The molecule has 0 radical (unpaired) electrons. The lowest BCUT2D eigenvalue weighted by molar-refractivity contribution is 1.19. The predicted molar refractivity (Wildman–Crippen MR) is 74.0 cm³/mol. The molecule has 0 aliphatic carbocycles. The van der Waals surface area contributed by atoms with Gasteiger partial charge in [0.25, 0.3) is 0 Å². The van der Waals surface area contributed by atoms with Crippen molar-refractivity contribution in [2.75, 3.05) is 0 Å². The minimum Gasteiger partial charge on any atom is -0.244 e. The van der Waals surface area contributed by atoms with Gasteiger partial charge in [0.1, 0.15) is 5.15 Å². The number of hydrogen-bond donors (Lipinski definition) is 0. The quantitative estimate of drug-likeness (QED) is 0.748. The first-order valence-corrected chi connectivity index (χ1v) is 6.22. The van der Waals surface area contributed by atoms with Gasteiger partial charge in [0.2, 0.25) is 0 Å². The van der Waals surface area contributed by atoms with Crippen molar-refractivity contribution in [3.05, 3.63) is 51.2 Å². The first-order chi connectivity index (χ1) is 8.61. The van der Waals surface area contributed by atoms with Crippen LogP contribution in [-0.4, -0.2) is 4.98 Å². The Morgan fingerprint density at radius 2 is 1.94 bits per heavy atom. The number of pyridine rings is 1. The lowest BCUT2D eigenvalue weighted by Gasteiger charge is -2.07. The molecule has 0 saturated heterocycles. The molecule has 2 nitrogen and oxygen atoms in total. The zero-order valence-electron chi connectivity index (χ0n) is 9.12. The number of nitriles is 1. The molecule has 0 amide bonds. The molecule has 90 valence electrons. The average Bonchev–Trinajstić information content (AvgIpc) is 2.35. The summed E-state index contributed by atoms with van der Waals surface area (Å²) < 4.78 is 0. The molecule has 0 saturated carbocycles. The van der Waals surface area contributed by atoms with Gasteiger partial charge in [-0.15, -0.1) is 0 Å². The molecule has 1 heterocycles. The molecule has 2 aromatic rings. The summed E-state index contributed by atoms with van der Waals surface area (Å²) in [4.78, 5) is 4.06. The molecular weight excluding hydrogens is 291 g/mol. The van der Waals surface area contributed by atoms with Gasteiger partial charge in [0, 0.05) is 32.9 Å². The van der Waals surface area contributed by atoms with Gasteiger partial charge in [-0.1, -0.05) is 34.8 Å². The molecule has 0 N–H and O–H groups in total. The molecule has 0 aliphatic rings. The first-order valence-electron chi connectivity index (χ1n) is 5.08. The highest BCUT2D eigenvalue weighted by molar-refractivity contribution is 6.35. The Labute approximate surface area is 120 Å². The second-order valence-corrected chi connectivity index (χ2v) is 4.83. The topological polar surface area (TPSA) is 36.7 Å². The van der Waals surface area contributed by atoms with Crippen LogP contribution < -0.4 is 0 Å². The van der Waals surface area contributed by atoms with E-state index in [1.807, 2.05) is 6.07 Å². The van der Waals surface area contributed by atoms with Crippen molar-refractivity contribution in [3.8, 4) is 17.2 Å². The SMILES string of the molecule is N#CCc1cc(-c2cc(Cl)ccc2Cl)cnc1Cl. The molecular formula is C13H7Cl3N2. The van der Waals surface area contributed by atoms with Crippen LogP contribution in [0.1, 0.15) is 5.56 Å². The number of benzene rings is 1. The zero-order valence-corrected chi connectivity index (χ0v) is 11.4. The van der Waals surface area contributed by atoms with Crippen molar-refractivity contribution in [1.29, 1.82) is 5.26 Å². The second-order valence-electron chi connectivity index (χ2n) is 3.63. The van der Waals surface area contributed by atoms with E-state index in [-0.39, 0.29) is 6.42 Å². The second kappa shape index (κ2) is 5.58. The molecule has 5 heteroatoms. The summed E-state index contributed by atoms with van der Waals surface area (Å²) in [6.07, 6.45) is 1.82. The van der Waals surface area contributed by atoms with E-state index in [1.165, 1.54) is 0 Å². The summed E-state index contributed by atoms with van der Waals surface area (Å²) in [6.45, 7) is 0. The van der Waals surface area contributed by atoms with E-state index in [4.69, 9.17) is 40.1 Å². The number of hydrogen-bond acceptors (Lipinski definition) is 2. The summed E-state index contributed by atoms with van der Waals surface area (Å²) >= 11 is 18.0. The Hall–Kier alpha value is -1.27. The van der Waals surface area contributed by atoms with Crippen molar-refractivity contribution >= 4 is 34.8 Å². The Balaban J connectivity index is 2.54.